The van der Waals surface area contributed by atoms with Gasteiger partial charge in [0.25, 0.3) is 5.91 Å². The van der Waals surface area contributed by atoms with E-state index in [0.717, 1.165) is 4.57 Å². The number of alkyl halides is 4. The number of rotatable bonds is 10. The molecule has 0 unspecified atom stereocenters. The van der Waals surface area contributed by atoms with E-state index in [1.54, 1.807) is 54.3 Å². The molecule has 2 N–H and O–H groups in total. The molecular formula is C27H31F4N7O3. The molecule has 10 nitrogen and oxygen atoms in total. The van der Waals surface area contributed by atoms with Crippen LogP contribution in [0.2, 0.25) is 0 Å². The summed E-state index contributed by atoms with van der Waals surface area (Å²) in [6.45, 7) is 0.486. The fourth-order valence-electron chi connectivity index (χ4n) is 5.05. The predicted octanol–water partition coefficient (Wildman–Crippen LogP) is 4.09. The van der Waals surface area contributed by atoms with E-state index in [-0.39, 0.29) is 36.4 Å². The zero-order chi connectivity index (χ0) is 29.1. The average Bonchev–Trinajstić information content (AvgIpc) is 3.66. The van der Waals surface area contributed by atoms with Gasteiger partial charge in [-0.2, -0.15) is 18.2 Å². The van der Waals surface area contributed by atoms with Crippen LogP contribution in [0.15, 0.2) is 47.1 Å². The molecule has 1 amide bonds. The van der Waals surface area contributed by atoms with Crippen molar-refractivity contribution in [1.29, 1.82) is 0 Å². The van der Waals surface area contributed by atoms with E-state index in [1.165, 1.54) is 0 Å². The summed E-state index contributed by atoms with van der Waals surface area (Å²) in [4.78, 5) is 18.8. The van der Waals surface area contributed by atoms with E-state index in [9.17, 15) is 22.4 Å². The molecule has 1 saturated heterocycles. The summed E-state index contributed by atoms with van der Waals surface area (Å²) < 4.78 is 68.8. The molecule has 0 spiro atoms. The van der Waals surface area contributed by atoms with Crippen LogP contribution in [0.3, 0.4) is 0 Å². The van der Waals surface area contributed by atoms with E-state index in [0.29, 0.717) is 48.4 Å². The molecule has 0 radical (unpaired) electrons. The third-order valence-corrected chi connectivity index (χ3v) is 7.06. The van der Waals surface area contributed by atoms with Crippen LogP contribution in [-0.4, -0.2) is 82.3 Å². The number of piperidine rings is 1. The Kier molecular flexibility index (Phi) is 8.31. The fraction of sp³-hybridized carbons (Fsp3) is 0.444. The SMILES string of the molecule is COCCn1cccc1C(=O)NCc1nc(-c2cc3c(N[C@@H]4CCN(C)C[C@@H]4F)cccc3n2CC(F)(F)F)no1. The monoisotopic (exact) mass is 577 g/mol. The van der Waals surface area contributed by atoms with E-state index < -0.39 is 24.9 Å². The number of benzene rings is 1. The second-order valence-electron chi connectivity index (χ2n) is 10.1. The molecule has 0 aliphatic carbocycles. The summed E-state index contributed by atoms with van der Waals surface area (Å²) in [6, 6.07) is 9.37. The zero-order valence-corrected chi connectivity index (χ0v) is 22.6. The van der Waals surface area contributed by atoms with Gasteiger partial charge in [-0.1, -0.05) is 11.2 Å². The van der Waals surface area contributed by atoms with Crippen molar-refractivity contribution in [3.8, 4) is 11.5 Å². The molecule has 3 aromatic heterocycles. The maximum atomic E-state index is 14.7. The lowest BCUT2D eigenvalue weighted by Gasteiger charge is -2.33. The molecule has 4 aromatic rings. The van der Waals surface area contributed by atoms with Gasteiger partial charge in [-0.15, -0.1) is 0 Å². The highest BCUT2D eigenvalue weighted by Crippen LogP contribution is 2.35. The summed E-state index contributed by atoms with van der Waals surface area (Å²) in [6.07, 6.45) is -3.35. The summed E-state index contributed by atoms with van der Waals surface area (Å²) in [5.74, 6) is -0.420. The minimum atomic E-state index is -4.53. The average molecular weight is 578 g/mol. The number of hydrogen-bond donors (Lipinski definition) is 2. The molecule has 1 aliphatic rings. The van der Waals surface area contributed by atoms with Crippen molar-refractivity contribution in [3.05, 3.63) is 54.2 Å². The second kappa shape index (κ2) is 11.9. The smallest absolute Gasteiger partial charge is 0.383 e. The number of ether oxygens (including phenoxy) is 1. The Balaban J connectivity index is 1.39. The van der Waals surface area contributed by atoms with Crippen molar-refractivity contribution in [2.24, 2.45) is 0 Å². The standard InChI is InChI=1S/C27H31F4N7O3/c1-36-10-8-20(18(28)15-36)33-19-5-3-6-21-17(19)13-23(38(21)16-27(29,30)31)25-34-24(41-35-25)14-32-26(39)22-7-4-9-37(22)11-12-40-2/h3-7,9,13,18,20,33H,8,10-12,14-16H2,1-2H3,(H,32,39)/t18-,20+/m0/s1. The van der Waals surface area contributed by atoms with Crippen molar-refractivity contribution in [2.45, 2.75) is 44.4 Å². The summed E-state index contributed by atoms with van der Waals surface area (Å²) in [7, 11) is 3.41. The first-order chi connectivity index (χ1) is 19.6. The van der Waals surface area contributed by atoms with Crippen LogP contribution < -0.4 is 10.6 Å². The van der Waals surface area contributed by atoms with Crippen molar-refractivity contribution >= 4 is 22.5 Å². The Morgan fingerprint density at radius 2 is 2.07 bits per heavy atom. The normalized spacial score (nSPS) is 18.2. The van der Waals surface area contributed by atoms with Crippen LogP contribution in [0.5, 0.6) is 0 Å². The summed E-state index contributed by atoms with van der Waals surface area (Å²) in [5, 5.41) is 10.3. The number of hydrogen-bond acceptors (Lipinski definition) is 7. The lowest BCUT2D eigenvalue weighted by molar-refractivity contribution is -0.139. The van der Waals surface area contributed by atoms with Crippen LogP contribution in [0.25, 0.3) is 22.4 Å². The Hall–Kier alpha value is -3.91. The Morgan fingerprint density at radius 1 is 1.24 bits per heavy atom. The van der Waals surface area contributed by atoms with Crippen molar-refractivity contribution < 1.29 is 31.6 Å². The van der Waals surface area contributed by atoms with E-state index in [1.807, 2.05) is 11.9 Å². The largest absolute Gasteiger partial charge is 0.406 e. The predicted molar refractivity (Wildman–Crippen MR) is 143 cm³/mol. The summed E-state index contributed by atoms with van der Waals surface area (Å²) in [5.41, 5.74) is 1.31. The molecule has 41 heavy (non-hydrogen) atoms. The lowest BCUT2D eigenvalue weighted by atomic mass is 10.0. The number of nitrogens with zero attached hydrogens (tertiary/aromatic N) is 5. The minimum Gasteiger partial charge on any atom is -0.383 e. The Labute approximate surface area is 233 Å². The van der Waals surface area contributed by atoms with Gasteiger partial charge in [0.1, 0.15) is 18.4 Å². The molecular weight excluding hydrogens is 546 g/mol. The Morgan fingerprint density at radius 3 is 2.83 bits per heavy atom. The number of halogens is 4. The molecule has 1 aromatic carbocycles. The maximum Gasteiger partial charge on any atom is 0.406 e. The van der Waals surface area contributed by atoms with Crippen molar-refractivity contribution in [3.63, 3.8) is 0 Å². The quantitative estimate of drug-likeness (QED) is 0.274. The molecule has 1 aliphatic heterocycles. The lowest BCUT2D eigenvalue weighted by Crippen LogP contribution is -2.46. The van der Waals surface area contributed by atoms with E-state index in [2.05, 4.69) is 20.8 Å². The number of aromatic nitrogens is 4. The number of anilines is 1. The number of carbonyl (C=O) groups excluding carboxylic acids is 1. The van der Waals surface area contributed by atoms with Gasteiger partial charge in [0.15, 0.2) is 0 Å². The molecule has 0 saturated carbocycles. The topological polar surface area (TPSA) is 102 Å². The minimum absolute atomic E-state index is 0.0251. The van der Waals surface area contributed by atoms with Gasteiger partial charge in [-0.05, 0) is 43.8 Å². The molecule has 5 rings (SSSR count). The first kappa shape index (κ1) is 28.6. The van der Waals surface area contributed by atoms with Gasteiger partial charge < -0.3 is 33.9 Å². The number of likely N-dealkylation sites (tertiary alicyclic amines) is 1. The van der Waals surface area contributed by atoms with Gasteiger partial charge in [-0.25, -0.2) is 4.39 Å². The van der Waals surface area contributed by atoms with Gasteiger partial charge in [0.05, 0.1) is 30.4 Å². The molecule has 4 heterocycles. The van der Waals surface area contributed by atoms with Gasteiger partial charge >= 0.3 is 6.18 Å². The number of fused-ring (bicyclic) bond motifs is 1. The first-order valence-corrected chi connectivity index (χ1v) is 13.2. The number of amides is 1. The fourth-order valence-corrected chi connectivity index (χ4v) is 5.05. The van der Waals surface area contributed by atoms with Crippen LogP contribution in [0.1, 0.15) is 22.8 Å². The molecule has 2 atom stereocenters. The number of carbonyl (C=O) groups is 1. The van der Waals surface area contributed by atoms with Crippen LogP contribution in [0.4, 0.5) is 23.2 Å². The van der Waals surface area contributed by atoms with Gasteiger partial charge in [-0.3, -0.25) is 4.79 Å². The zero-order valence-electron chi connectivity index (χ0n) is 22.6. The van der Waals surface area contributed by atoms with E-state index >= 15 is 0 Å². The number of methoxy groups -OCH3 is 1. The summed E-state index contributed by atoms with van der Waals surface area (Å²) >= 11 is 0. The first-order valence-electron chi connectivity index (χ1n) is 13.2. The second-order valence-corrected chi connectivity index (χ2v) is 10.1. The highest BCUT2D eigenvalue weighted by atomic mass is 19.4. The van der Waals surface area contributed by atoms with E-state index in [4.69, 9.17) is 9.26 Å². The molecule has 0 bridgehead atoms. The highest BCUT2D eigenvalue weighted by molar-refractivity contribution is 5.96. The van der Waals surface area contributed by atoms with Crippen LogP contribution in [0, 0.1) is 0 Å². The maximum absolute atomic E-state index is 14.7. The van der Waals surface area contributed by atoms with Gasteiger partial charge in [0, 0.05) is 44.0 Å². The van der Waals surface area contributed by atoms with Crippen LogP contribution >= 0.6 is 0 Å². The highest BCUT2D eigenvalue weighted by Gasteiger charge is 2.32. The number of nitrogens with one attached hydrogen (secondary N) is 2. The van der Waals surface area contributed by atoms with Crippen molar-refractivity contribution in [1.82, 2.24) is 29.5 Å². The molecule has 14 heteroatoms. The van der Waals surface area contributed by atoms with Crippen LogP contribution in [-0.2, 0) is 24.4 Å². The van der Waals surface area contributed by atoms with Crippen molar-refractivity contribution in [2.75, 3.05) is 39.2 Å². The molecule has 220 valence electrons. The Bertz CT molecular complexity index is 1500. The third kappa shape index (κ3) is 6.54. The van der Waals surface area contributed by atoms with Gasteiger partial charge in [0.2, 0.25) is 11.7 Å². The third-order valence-electron chi connectivity index (χ3n) is 7.06. The molecule has 1 fully saturated rings.